The fourth-order valence-electron chi connectivity index (χ4n) is 2.16. The van der Waals surface area contributed by atoms with Crippen LogP contribution in [0.3, 0.4) is 0 Å². The molecule has 0 aromatic carbocycles. The monoisotopic (exact) mass is 280 g/mol. The zero-order valence-corrected chi connectivity index (χ0v) is 12.6. The molecule has 0 bridgehead atoms. The van der Waals surface area contributed by atoms with Crippen molar-refractivity contribution >= 4 is 11.6 Å². The lowest BCUT2D eigenvalue weighted by Crippen LogP contribution is -2.28. The number of anilines is 1. The van der Waals surface area contributed by atoms with E-state index in [0.29, 0.717) is 5.69 Å². The van der Waals surface area contributed by atoms with E-state index in [1.165, 1.54) is 44.9 Å². The summed E-state index contributed by atoms with van der Waals surface area (Å²) < 4.78 is 1.55. The Hall–Kier alpha value is -1.52. The largest absolute Gasteiger partial charge is 0.396 e. The number of carbonyl (C=O) groups is 1. The Morgan fingerprint density at radius 3 is 2.45 bits per heavy atom. The first-order valence-corrected chi connectivity index (χ1v) is 7.77. The van der Waals surface area contributed by atoms with Crippen molar-refractivity contribution in [2.45, 2.75) is 64.8 Å². The summed E-state index contributed by atoms with van der Waals surface area (Å²) >= 11 is 0. The Balaban J connectivity index is 1.92. The van der Waals surface area contributed by atoms with E-state index in [9.17, 15) is 4.79 Å². The average Bonchev–Trinajstić information content (AvgIpc) is 2.82. The van der Waals surface area contributed by atoms with Crippen molar-refractivity contribution in [3.05, 3.63) is 12.4 Å². The van der Waals surface area contributed by atoms with Gasteiger partial charge >= 0.3 is 0 Å². The number of rotatable bonds is 11. The quantitative estimate of drug-likeness (QED) is 0.612. The summed E-state index contributed by atoms with van der Waals surface area (Å²) in [4.78, 5) is 11.6. The van der Waals surface area contributed by atoms with Crippen molar-refractivity contribution in [2.75, 3.05) is 12.3 Å². The van der Waals surface area contributed by atoms with Crippen LogP contribution in [-0.4, -0.2) is 22.2 Å². The second kappa shape index (κ2) is 10.3. The number of unbranched alkanes of at least 4 members (excludes halogenated alkanes) is 7. The molecule has 1 aromatic rings. The minimum absolute atomic E-state index is 0.00366. The number of carbonyl (C=O) groups excluding carboxylic acids is 1. The van der Waals surface area contributed by atoms with Crippen LogP contribution in [0.2, 0.25) is 0 Å². The summed E-state index contributed by atoms with van der Waals surface area (Å²) in [5.41, 5.74) is 6.12. The molecular weight excluding hydrogens is 252 g/mol. The number of nitrogens with two attached hydrogens (primary N) is 1. The molecule has 0 saturated heterocycles. The first-order valence-electron chi connectivity index (χ1n) is 7.77. The number of nitrogen functional groups attached to an aromatic ring is 1. The number of nitrogens with zero attached hydrogens (tertiary/aromatic N) is 2. The molecule has 5 nitrogen and oxygen atoms in total. The molecular formula is C15H28N4O. The Morgan fingerprint density at radius 2 is 1.85 bits per heavy atom. The lowest BCUT2D eigenvalue weighted by molar-refractivity contribution is -0.121. The summed E-state index contributed by atoms with van der Waals surface area (Å²) in [7, 11) is 0. The van der Waals surface area contributed by atoms with Crippen molar-refractivity contribution in [2.24, 2.45) is 0 Å². The van der Waals surface area contributed by atoms with E-state index in [1.807, 2.05) is 0 Å². The molecule has 3 N–H and O–H groups in total. The third-order valence-corrected chi connectivity index (χ3v) is 3.31. The molecule has 5 heteroatoms. The van der Waals surface area contributed by atoms with Crippen LogP contribution in [0, 0.1) is 0 Å². The smallest absolute Gasteiger partial charge is 0.241 e. The molecule has 0 atom stereocenters. The maximum Gasteiger partial charge on any atom is 0.241 e. The molecule has 114 valence electrons. The first kappa shape index (κ1) is 16.5. The van der Waals surface area contributed by atoms with Gasteiger partial charge in [0.15, 0.2) is 0 Å². The molecule has 0 aliphatic carbocycles. The summed E-state index contributed by atoms with van der Waals surface area (Å²) in [6.45, 7) is 3.24. The van der Waals surface area contributed by atoms with Crippen molar-refractivity contribution in [1.29, 1.82) is 0 Å². The molecule has 1 aromatic heterocycles. The van der Waals surface area contributed by atoms with Crippen LogP contribution in [-0.2, 0) is 11.3 Å². The van der Waals surface area contributed by atoms with Gasteiger partial charge in [-0.1, -0.05) is 51.9 Å². The molecule has 0 unspecified atom stereocenters. The second-order valence-corrected chi connectivity index (χ2v) is 5.30. The Labute approximate surface area is 121 Å². The highest BCUT2D eigenvalue weighted by atomic mass is 16.2. The van der Waals surface area contributed by atoms with Gasteiger partial charge < -0.3 is 11.1 Å². The highest BCUT2D eigenvalue weighted by Crippen LogP contribution is 2.07. The minimum atomic E-state index is -0.00366. The normalized spacial score (nSPS) is 10.7. The maximum absolute atomic E-state index is 11.6. The van der Waals surface area contributed by atoms with E-state index < -0.39 is 0 Å². The third kappa shape index (κ3) is 7.81. The van der Waals surface area contributed by atoms with Gasteiger partial charge in [0.2, 0.25) is 5.91 Å². The van der Waals surface area contributed by atoms with Gasteiger partial charge in [-0.25, -0.2) is 0 Å². The predicted molar refractivity (Wildman–Crippen MR) is 82.3 cm³/mol. The highest BCUT2D eigenvalue weighted by molar-refractivity contribution is 5.75. The van der Waals surface area contributed by atoms with E-state index >= 15 is 0 Å². The SMILES string of the molecule is CCCCCCCCCCNC(=O)Cn1cc(N)cn1. The van der Waals surface area contributed by atoms with Crippen molar-refractivity contribution in [3.63, 3.8) is 0 Å². The molecule has 0 saturated carbocycles. The van der Waals surface area contributed by atoms with Crippen molar-refractivity contribution in [1.82, 2.24) is 15.1 Å². The fraction of sp³-hybridized carbons (Fsp3) is 0.733. The zero-order chi connectivity index (χ0) is 14.6. The predicted octanol–water partition coefficient (Wildman–Crippen LogP) is 2.72. The molecule has 1 amide bonds. The highest BCUT2D eigenvalue weighted by Gasteiger charge is 2.02. The van der Waals surface area contributed by atoms with Crippen LogP contribution in [0.1, 0.15) is 58.3 Å². The molecule has 0 fully saturated rings. The van der Waals surface area contributed by atoms with Gasteiger partial charge in [-0.15, -0.1) is 0 Å². The standard InChI is InChI=1S/C15H28N4O/c1-2-3-4-5-6-7-8-9-10-17-15(20)13-19-12-14(16)11-18-19/h11-12H,2-10,13,16H2,1H3,(H,17,20). The van der Waals surface area contributed by atoms with Crippen molar-refractivity contribution in [3.8, 4) is 0 Å². The van der Waals surface area contributed by atoms with Crippen LogP contribution in [0.25, 0.3) is 0 Å². The fourth-order valence-corrected chi connectivity index (χ4v) is 2.16. The summed E-state index contributed by atoms with van der Waals surface area (Å²) in [6, 6.07) is 0. The van der Waals surface area contributed by atoms with Gasteiger partial charge in [0.1, 0.15) is 6.54 Å². The number of hydrogen-bond acceptors (Lipinski definition) is 3. The minimum Gasteiger partial charge on any atom is -0.396 e. The first-order chi connectivity index (χ1) is 9.72. The number of amides is 1. The van der Waals surface area contributed by atoms with Gasteiger partial charge in [0.05, 0.1) is 11.9 Å². The molecule has 0 aliphatic rings. The zero-order valence-electron chi connectivity index (χ0n) is 12.6. The van der Waals surface area contributed by atoms with Gasteiger partial charge in [-0.2, -0.15) is 5.10 Å². The van der Waals surface area contributed by atoms with E-state index in [1.54, 1.807) is 17.1 Å². The number of aromatic nitrogens is 2. The van der Waals surface area contributed by atoms with Crippen LogP contribution >= 0.6 is 0 Å². The maximum atomic E-state index is 11.6. The van der Waals surface area contributed by atoms with Gasteiger partial charge in [-0.05, 0) is 6.42 Å². The molecule has 0 aliphatic heterocycles. The van der Waals surface area contributed by atoms with Gasteiger partial charge in [0, 0.05) is 12.7 Å². The van der Waals surface area contributed by atoms with Crippen LogP contribution in [0.5, 0.6) is 0 Å². The molecule has 1 rings (SSSR count). The summed E-state index contributed by atoms with van der Waals surface area (Å²) in [5.74, 6) is -0.00366. The second-order valence-electron chi connectivity index (χ2n) is 5.30. The third-order valence-electron chi connectivity index (χ3n) is 3.31. The average molecular weight is 280 g/mol. The molecule has 0 spiro atoms. The lowest BCUT2D eigenvalue weighted by atomic mass is 10.1. The topological polar surface area (TPSA) is 72.9 Å². The number of hydrogen-bond donors (Lipinski definition) is 2. The van der Waals surface area contributed by atoms with E-state index in [2.05, 4.69) is 17.3 Å². The lowest BCUT2D eigenvalue weighted by Gasteiger charge is -2.05. The van der Waals surface area contributed by atoms with Crippen LogP contribution < -0.4 is 11.1 Å². The summed E-state index contributed by atoms with van der Waals surface area (Å²) in [6.07, 6.45) is 13.4. The van der Waals surface area contributed by atoms with E-state index in [-0.39, 0.29) is 12.5 Å². The van der Waals surface area contributed by atoms with Crippen molar-refractivity contribution < 1.29 is 4.79 Å². The Morgan fingerprint density at radius 1 is 1.20 bits per heavy atom. The molecule has 1 heterocycles. The van der Waals surface area contributed by atoms with Gasteiger partial charge in [-0.3, -0.25) is 9.48 Å². The van der Waals surface area contributed by atoms with E-state index in [0.717, 1.165) is 13.0 Å². The molecule has 20 heavy (non-hydrogen) atoms. The van der Waals surface area contributed by atoms with Crippen LogP contribution in [0.15, 0.2) is 12.4 Å². The summed E-state index contributed by atoms with van der Waals surface area (Å²) in [5, 5.41) is 6.89. The van der Waals surface area contributed by atoms with E-state index in [4.69, 9.17) is 5.73 Å². The van der Waals surface area contributed by atoms with Gasteiger partial charge in [0.25, 0.3) is 0 Å². The molecule has 0 radical (unpaired) electrons. The van der Waals surface area contributed by atoms with Crippen LogP contribution in [0.4, 0.5) is 5.69 Å². The Bertz CT molecular complexity index is 376. The number of nitrogens with one attached hydrogen (secondary N) is 1. The Kier molecular flexibility index (Phi) is 8.51.